The molecular weight excluding hydrogens is 188 g/mol. The molecule has 0 aliphatic rings. The van der Waals surface area contributed by atoms with Crippen LogP contribution < -0.4 is 15.4 Å². The van der Waals surface area contributed by atoms with Gasteiger partial charge in [-0.05, 0) is 37.6 Å². The van der Waals surface area contributed by atoms with Gasteiger partial charge in [0, 0.05) is 25.3 Å². The first-order valence-corrected chi connectivity index (χ1v) is 5.01. The Balaban J connectivity index is 3.29. The molecule has 0 bridgehead atoms. The highest BCUT2D eigenvalue weighted by Crippen LogP contribution is 2.31. The molecule has 0 aliphatic heterocycles. The molecule has 0 heterocycles. The van der Waals surface area contributed by atoms with E-state index in [0.29, 0.717) is 0 Å². The lowest BCUT2D eigenvalue weighted by atomic mass is 9.93. The number of anilines is 1. The molecule has 15 heavy (non-hydrogen) atoms. The monoisotopic (exact) mass is 208 g/mol. The summed E-state index contributed by atoms with van der Waals surface area (Å²) in [5, 5.41) is 0. The first kappa shape index (κ1) is 11.9. The first-order valence-electron chi connectivity index (χ1n) is 5.01. The number of rotatable bonds is 3. The number of hydrogen-bond acceptors (Lipinski definition) is 3. The molecule has 0 aromatic heterocycles. The molecule has 0 saturated heterocycles. The summed E-state index contributed by atoms with van der Waals surface area (Å²) >= 11 is 0. The Bertz CT molecular complexity index is 340. The number of nitrogens with zero attached hydrogens (tertiary/aromatic N) is 1. The van der Waals surface area contributed by atoms with Crippen LogP contribution in [0.4, 0.5) is 5.69 Å². The molecule has 0 saturated carbocycles. The lowest BCUT2D eigenvalue weighted by molar-refractivity contribution is 0.412. The van der Waals surface area contributed by atoms with Gasteiger partial charge in [0.25, 0.3) is 0 Å². The average molecular weight is 208 g/mol. The van der Waals surface area contributed by atoms with Gasteiger partial charge in [-0.2, -0.15) is 0 Å². The van der Waals surface area contributed by atoms with Crippen molar-refractivity contribution in [3.05, 3.63) is 23.8 Å². The van der Waals surface area contributed by atoms with E-state index in [4.69, 9.17) is 10.5 Å². The number of methoxy groups -OCH3 is 1. The third-order valence-corrected chi connectivity index (χ3v) is 2.38. The second-order valence-corrected chi connectivity index (χ2v) is 4.50. The van der Waals surface area contributed by atoms with Gasteiger partial charge in [-0.25, -0.2) is 0 Å². The third kappa shape index (κ3) is 2.63. The number of ether oxygens (including phenoxy) is 1. The summed E-state index contributed by atoms with van der Waals surface area (Å²) in [6.07, 6.45) is 0. The largest absolute Gasteiger partial charge is 0.497 e. The highest BCUT2D eigenvalue weighted by Gasteiger charge is 2.20. The summed E-state index contributed by atoms with van der Waals surface area (Å²) < 4.78 is 5.21. The molecule has 0 unspecified atom stereocenters. The Morgan fingerprint density at radius 3 is 2.27 bits per heavy atom. The Morgan fingerprint density at radius 1 is 1.27 bits per heavy atom. The molecule has 1 aromatic carbocycles. The normalized spacial score (nSPS) is 11.3. The number of hydrogen-bond donors (Lipinski definition) is 1. The fourth-order valence-electron chi connectivity index (χ4n) is 1.55. The second-order valence-electron chi connectivity index (χ2n) is 4.50. The third-order valence-electron chi connectivity index (χ3n) is 2.38. The van der Waals surface area contributed by atoms with Crippen LogP contribution in [0.15, 0.2) is 18.2 Å². The maximum Gasteiger partial charge on any atom is 0.119 e. The second kappa shape index (κ2) is 4.11. The zero-order valence-electron chi connectivity index (χ0n) is 10.2. The highest BCUT2D eigenvalue weighted by atomic mass is 16.5. The molecule has 0 fully saturated rings. The lowest BCUT2D eigenvalue weighted by Crippen LogP contribution is -2.31. The van der Waals surface area contributed by atoms with Crippen LogP contribution in [-0.2, 0) is 5.54 Å². The van der Waals surface area contributed by atoms with Crippen LogP contribution in [0.2, 0.25) is 0 Å². The summed E-state index contributed by atoms with van der Waals surface area (Å²) in [7, 11) is 5.69. The van der Waals surface area contributed by atoms with Gasteiger partial charge < -0.3 is 15.4 Å². The van der Waals surface area contributed by atoms with E-state index in [-0.39, 0.29) is 5.54 Å². The molecule has 2 N–H and O–H groups in total. The highest BCUT2D eigenvalue weighted by molar-refractivity contribution is 5.57. The van der Waals surface area contributed by atoms with Crippen molar-refractivity contribution in [1.82, 2.24) is 0 Å². The molecule has 3 heteroatoms. The summed E-state index contributed by atoms with van der Waals surface area (Å²) in [5.41, 5.74) is 7.99. The minimum absolute atomic E-state index is 0.367. The molecule has 0 aliphatic carbocycles. The molecule has 0 atom stereocenters. The first-order chi connectivity index (χ1) is 6.86. The van der Waals surface area contributed by atoms with Crippen molar-refractivity contribution in [2.45, 2.75) is 19.4 Å². The van der Waals surface area contributed by atoms with Crippen LogP contribution in [0, 0.1) is 0 Å². The maximum atomic E-state index is 6.14. The zero-order chi connectivity index (χ0) is 11.6. The van der Waals surface area contributed by atoms with Crippen LogP contribution in [-0.4, -0.2) is 21.2 Å². The van der Waals surface area contributed by atoms with E-state index in [9.17, 15) is 0 Å². The predicted octanol–water partition coefficient (Wildman–Crippen LogP) is 1.96. The standard InChI is InChI=1S/C12H20N2O/c1-12(2,13)10-8-9(15-5)6-7-11(10)14(3)4/h6-8H,13H2,1-5H3. The quantitative estimate of drug-likeness (QED) is 0.825. The number of nitrogens with two attached hydrogens (primary N) is 1. The van der Waals surface area contributed by atoms with E-state index in [1.807, 2.05) is 46.1 Å². The van der Waals surface area contributed by atoms with Crippen LogP contribution in [0.5, 0.6) is 5.75 Å². The van der Waals surface area contributed by atoms with E-state index < -0.39 is 0 Å². The summed E-state index contributed by atoms with van der Waals surface area (Å²) in [6.45, 7) is 3.99. The lowest BCUT2D eigenvalue weighted by Gasteiger charge is -2.27. The Morgan fingerprint density at radius 2 is 1.87 bits per heavy atom. The van der Waals surface area contributed by atoms with Crippen LogP contribution in [0.1, 0.15) is 19.4 Å². The SMILES string of the molecule is COc1ccc(N(C)C)c(C(C)(C)N)c1. The molecule has 0 radical (unpaired) electrons. The molecular formula is C12H20N2O. The molecule has 0 amide bonds. The Kier molecular flexibility index (Phi) is 3.25. The van der Waals surface area contributed by atoms with Gasteiger partial charge in [0.15, 0.2) is 0 Å². The van der Waals surface area contributed by atoms with Crippen molar-refractivity contribution in [1.29, 1.82) is 0 Å². The molecule has 1 rings (SSSR count). The van der Waals surface area contributed by atoms with Crippen LogP contribution in [0.25, 0.3) is 0 Å². The van der Waals surface area contributed by atoms with Crippen molar-refractivity contribution < 1.29 is 4.74 Å². The summed E-state index contributed by atoms with van der Waals surface area (Å²) in [6, 6.07) is 5.97. The van der Waals surface area contributed by atoms with E-state index in [0.717, 1.165) is 17.0 Å². The molecule has 1 aromatic rings. The predicted molar refractivity (Wildman–Crippen MR) is 64.5 cm³/mol. The smallest absolute Gasteiger partial charge is 0.119 e. The molecule has 84 valence electrons. The van der Waals surface area contributed by atoms with Gasteiger partial charge in [-0.1, -0.05) is 0 Å². The minimum Gasteiger partial charge on any atom is -0.497 e. The van der Waals surface area contributed by atoms with Gasteiger partial charge in [0.1, 0.15) is 5.75 Å². The van der Waals surface area contributed by atoms with E-state index in [1.54, 1.807) is 7.11 Å². The van der Waals surface area contributed by atoms with Gasteiger partial charge >= 0.3 is 0 Å². The molecule has 0 spiro atoms. The van der Waals surface area contributed by atoms with Crippen LogP contribution >= 0.6 is 0 Å². The Hall–Kier alpha value is -1.22. The average Bonchev–Trinajstić information content (AvgIpc) is 2.15. The zero-order valence-corrected chi connectivity index (χ0v) is 10.2. The van der Waals surface area contributed by atoms with Gasteiger partial charge in [-0.3, -0.25) is 0 Å². The van der Waals surface area contributed by atoms with Crippen molar-refractivity contribution in [2.75, 3.05) is 26.1 Å². The number of benzene rings is 1. The minimum atomic E-state index is -0.367. The van der Waals surface area contributed by atoms with Gasteiger partial charge in [0.05, 0.1) is 7.11 Å². The Labute approximate surface area is 91.8 Å². The summed E-state index contributed by atoms with van der Waals surface area (Å²) in [5.74, 6) is 0.842. The fourth-order valence-corrected chi connectivity index (χ4v) is 1.55. The molecule has 3 nitrogen and oxygen atoms in total. The van der Waals surface area contributed by atoms with Crippen molar-refractivity contribution in [2.24, 2.45) is 5.73 Å². The van der Waals surface area contributed by atoms with Crippen molar-refractivity contribution >= 4 is 5.69 Å². The van der Waals surface area contributed by atoms with E-state index >= 15 is 0 Å². The van der Waals surface area contributed by atoms with Crippen molar-refractivity contribution in [3.8, 4) is 5.75 Å². The van der Waals surface area contributed by atoms with Crippen molar-refractivity contribution in [3.63, 3.8) is 0 Å². The van der Waals surface area contributed by atoms with Gasteiger partial charge in [-0.15, -0.1) is 0 Å². The van der Waals surface area contributed by atoms with E-state index in [2.05, 4.69) is 4.90 Å². The topological polar surface area (TPSA) is 38.5 Å². The summed E-state index contributed by atoms with van der Waals surface area (Å²) in [4.78, 5) is 2.06. The van der Waals surface area contributed by atoms with E-state index in [1.165, 1.54) is 0 Å². The maximum absolute atomic E-state index is 6.14. The van der Waals surface area contributed by atoms with Crippen LogP contribution in [0.3, 0.4) is 0 Å². The fraction of sp³-hybridized carbons (Fsp3) is 0.500. The van der Waals surface area contributed by atoms with Gasteiger partial charge in [0.2, 0.25) is 0 Å².